The van der Waals surface area contributed by atoms with E-state index in [0.717, 1.165) is 32.0 Å². The summed E-state index contributed by atoms with van der Waals surface area (Å²) in [5.74, 6) is 0.310. The first-order chi connectivity index (χ1) is 10.1. The molecule has 4 heteroatoms. The summed E-state index contributed by atoms with van der Waals surface area (Å²) in [6, 6.07) is 1.18. The van der Waals surface area contributed by atoms with Crippen LogP contribution in [0.3, 0.4) is 0 Å². The van der Waals surface area contributed by atoms with Gasteiger partial charge in [0.05, 0.1) is 0 Å². The highest BCUT2D eigenvalue weighted by Gasteiger charge is 2.28. The highest BCUT2D eigenvalue weighted by Crippen LogP contribution is 2.20. The number of carbonyl (C=O) groups excluding carboxylic acids is 1. The normalized spacial score (nSPS) is 22.8. The minimum absolute atomic E-state index is 0.104. The summed E-state index contributed by atoms with van der Waals surface area (Å²) in [4.78, 5) is 16.8. The average molecular weight is 297 g/mol. The molecule has 0 spiro atoms. The van der Waals surface area contributed by atoms with Crippen molar-refractivity contribution in [1.29, 1.82) is 0 Å². The molecule has 2 rings (SSSR count). The van der Waals surface area contributed by atoms with Crippen molar-refractivity contribution in [3.63, 3.8) is 0 Å². The summed E-state index contributed by atoms with van der Waals surface area (Å²) in [6.07, 6.45) is 4.84. The van der Waals surface area contributed by atoms with E-state index in [0.29, 0.717) is 6.04 Å². The number of nitrogens with zero attached hydrogens (tertiary/aromatic N) is 2. The quantitative estimate of drug-likeness (QED) is 0.868. The van der Waals surface area contributed by atoms with Gasteiger partial charge >= 0.3 is 0 Å². The van der Waals surface area contributed by atoms with E-state index in [4.69, 9.17) is 0 Å². The third kappa shape index (κ3) is 5.95. The molecule has 1 N–H and O–H groups in total. The molecule has 0 aromatic carbocycles. The van der Waals surface area contributed by atoms with Crippen LogP contribution in [0.15, 0.2) is 0 Å². The molecule has 0 aliphatic carbocycles. The minimum atomic E-state index is 0.104. The molecule has 21 heavy (non-hydrogen) atoms. The van der Waals surface area contributed by atoms with Gasteiger partial charge in [-0.1, -0.05) is 27.7 Å². The largest absolute Gasteiger partial charge is 0.353 e. The molecule has 0 radical (unpaired) electrons. The topological polar surface area (TPSA) is 35.6 Å². The SMILES string of the molecule is CC.CC(C)C(=O)NC1CCN(C2CCN(C)CC2)CC1. The number of hydrogen-bond acceptors (Lipinski definition) is 3. The number of piperidine rings is 2. The Morgan fingerprint density at radius 1 is 1.00 bits per heavy atom. The van der Waals surface area contributed by atoms with Crippen LogP contribution in [0.1, 0.15) is 53.4 Å². The van der Waals surface area contributed by atoms with Crippen LogP contribution in [0.5, 0.6) is 0 Å². The predicted molar refractivity (Wildman–Crippen MR) is 89.4 cm³/mol. The maximum atomic E-state index is 11.7. The Hall–Kier alpha value is -0.610. The molecule has 1 amide bonds. The van der Waals surface area contributed by atoms with Crippen molar-refractivity contribution >= 4 is 5.91 Å². The third-order valence-corrected chi connectivity index (χ3v) is 4.60. The fraction of sp³-hybridized carbons (Fsp3) is 0.941. The number of likely N-dealkylation sites (tertiary alicyclic amines) is 2. The smallest absolute Gasteiger partial charge is 0.222 e. The molecular formula is C17H35N3O. The molecule has 0 atom stereocenters. The van der Waals surface area contributed by atoms with Gasteiger partial charge in [0.15, 0.2) is 0 Å². The van der Waals surface area contributed by atoms with E-state index in [1.807, 2.05) is 27.7 Å². The first kappa shape index (κ1) is 18.4. The molecule has 2 heterocycles. The van der Waals surface area contributed by atoms with Crippen molar-refractivity contribution in [3.8, 4) is 0 Å². The second-order valence-corrected chi connectivity index (χ2v) is 6.51. The van der Waals surface area contributed by atoms with Crippen LogP contribution in [-0.4, -0.2) is 61.0 Å². The minimum Gasteiger partial charge on any atom is -0.353 e. The summed E-state index contributed by atoms with van der Waals surface area (Å²) in [5.41, 5.74) is 0. The van der Waals surface area contributed by atoms with Crippen LogP contribution in [-0.2, 0) is 4.79 Å². The van der Waals surface area contributed by atoms with Crippen molar-refractivity contribution in [3.05, 3.63) is 0 Å². The monoisotopic (exact) mass is 297 g/mol. The van der Waals surface area contributed by atoms with Crippen molar-refractivity contribution in [2.24, 2.45) is 5.92 Å². The lowest BCUT2D eigenvalue weighted by molar-refractivity contribution is -0.125. The molecule has 0 unspecified atom stereocenters. The first-order valence-corrected chi connectivity index (χ1v) is 8.79. The second-order valence-electron chi connectivity index (χ2n) is 6.51. The van der Waals surface area contributed by atoms with Gasteiger partial charge in [0.25, 0.3) is 0 Å². The van der Waals surface area contributed by atoms with Crippen LogP contribution in [0.2, 0.25) is 0 Å². The predicted octanol–water partition coefficient (Wildman–Crippen LogP) is 2.34. The van der Waals surface area contributed by atoms with Crippen LogP contribution in [0.25, 0.3) is 0 Å². The van der Waals surface area contributed by atoms with Gasteiger partial charge in [-0.25, -0.2) is 0 Å². The lowest BCUT2D eigenvalue weighted by Crippen LogP contribution is -2.51. The second kappa shape index (κ2) is 9.42. The van der Waals surface area contributed by atoms with E-state index in [9.17, 15) is 4.79 Å². The molecule has 2 aliphatic heterocycles. The summed E-state index contributed by atoms with van der Waals surface area (Å²) in [5, 5.41) is 3.17. The Kier molecular flexibility index (Phi) is 8.27. The van der Waals surface area contributed by atoms with Crippen molar-refractivity contribution in [2.45, 2.75) is 65.5 Å². The standard InChI is InChI=1S/C15H29N3O.C2H6/c1-12(2)15(19)16-13-4-10-18(11-5-13)14-6-8-17(3)9-7-14;1-2/h12-14H,4-11H2,1-3H3,(H,16,19);1-2H3. The van der Waals surface area contributed by atoms with Gasteiger partial charge in [-0.3, -0.25) is 4.79 Å². The lowest BCUT2D eigenvalue weighted by Gasteiger charge is -2.41. The van der Waals surface area contributed by atoms with Gasteiger partial charge in [0.2, 0.25) is 5.91 Å². The molecule has 2 saturated heterocycles. The Labute approximate surface area is 131 Å². The van der Waals surface area contributed by atoms with E-state index in [-0.39, 0.29) is 11.8 Å². The fourth-order valence-corrected chi connectivity index (χ4v) is 3.14. The highest BCUT2D eigenvalue weighted by molar-refractivity contribution is 5.78. The molecule has 2 fully saturated rings. The highest BCUT2D eigenvalue weighted by atomic mass is 16.1. The molecule has 0 aromatic heterocycles. The van der Waals surface area contributed by atoms with Crippen LogP contribution < -0.4 is 5.32 Å². The Balaban J connectivity index is 0.00000106. The van der Waals surface area contributed by atoms with Gasteiger partial charge in [0, 0.05) is 31.1 Å². The zero-order valence-electron chi connectivity index (χ0n) is 14.7. The summed E-state index contributed by atoms with van der Waals surface area (Å²) in [6.45, 7) is 12.7. The number of amides is 1. The van der Waals surface area contributed by atoms with E-state index in [2.05, 4.69) is 22.2 Å². The fourth-order valence-electron chi connectivity index (χ4n) is 3.14. The van der Waals surface area contributed by atoms with Gasteiger partial charge in [-0.05, 0) is 45.8 Å². The van der Waals surface area contributed by atoms with Crippen molar-refractivity contribution in [2.75, 3.05) is 33.2 Å². The third-order valence-electron chi connectivity index (χ3n) is 4.60. The molecular weight excluding hydrogens is 262 g/mol. The van der Waals surface area contributed by atoms with Gasteiger partial charge in [0.1, 0.15) is 0 Å². The van der Waals surface area contributed by atoms with Crippen LogP contribution >= 0.6 is 0 Å². The van der Waals surface area contributed by atoms with E-state index >= 15 is 0 Å². The van der Waals surface area contributed by atoms with Gasteiger partial charge in [-0.2, -0.15) is 0 Å². The molecule has 124 valence electrons. The maximum absolute atomic E-state index is 11.7. The number of hydrogen-bond donors (Lipinski definition) is 1. The van der Waals surface area contributed by atoms with Crippen LogP contribution in [0, 0.1) is 5.92 Å². The molecule has 0 aromatic rings. The molecule has 0 bridgehead atoms. The van der Waals surface area contributed by atoms with Gasteiger partial charge in [-0.15, -0.1) is 0 Å². The number of carbonyl (C=O) groups is 1. The van der Waals surface area contributed by atoms with E-state index in [1.165, 1.54) is 25.9 Å². The molecule has 2 aliphatic rings. The summed E-state index contributed by atoms with van der Waals surface area (Å²) >= 11 is 0. The van der Waals surface area contributed by atoms with Gasteiger partial charge < -0.3 is 15.1 Å². The van der Waals surface area contributed by atoms with Crippen molar-refractivity contribution < 1.29 is 4.79 Å². The summed E-state index contributed by atoms with van der Waals surface area (Å²) < 4.78 is 0. The zero-order valence-corrected chi connectivity index (χ0v) is 14.7. The lowest BCUT2D eigenvalue weighted by atomic mass is 9.97. The number of nitrogens with one attached hydrogen (secondary N) is 1. The van der Waals surface area contributed by atoms with Crippen LogP contribution in [0.4, 0.5) is 0 Å². The molecule has 4 nitrogen and oxygen atoms in total. The summed E-state index contributed by atoms with van der Waals surface area (Å²) in [7, 11) is 2.21. The van der Waals surface area contributed by atoms with E-state index < -0.39 is 0 Å². The zero-order chi connectivity index (χ0) is 15.8. The number of rotatable bonds is 3. The van der Waals surface area contributed by atoms with E-state index in [1.54, 1.807) is 0 Å². The Bertz CT molecular complexity index is 290. The molecule has 0 saturated carbocycles. The Morgan fingerprint density at radius 3 is 2.00 bits per heavy atom. The first-order valence-electron chi connectivity index (χ1n) is 8.79. The van der Waals surface area contributed by atoms with Crippen molar-refractivity contribution in [1.82, 2.24) is 15.1 Å². The average Bonchev–Trinajstić information content (AvgIpc) is 2.51. The Morgan fingerprint density at radius 2 is 1.52 bits per heavy atom. The maximum Gasteiger partial charge on any atom is 0.222 e.